The number of hydrogen-bond donors (Lipinski definition) is 1. The molecule has 5 nitrogen and oxygen atoms in total. The van der Waals surface area contributed by atoms with Gasteiger partial charge in [0, 0.05) is 18.8 Å². The number of amides is 1. The number of morpholine rings is 1. The molecule has 0 unspecified atom stereocenters. The van der Waals surface area contributed by atoms with E-state index in [4.69, 9.17) is 4.74 Å². The van der Waals surface area contributed by atoms with E-state index in [1.165, 1.54) is 12.1 Å². The van der Waals surface area contributed by atoms with E-state index in [1.807, 2.05) is 43.0 Å². The predicted octanol–water partition coefficient (Wildman–Crippen LogP) is 3.82. The number of anilines is 2. The molecule has 1 aliphatic rings. The Morgan fingerprint density at radius 3 is 2.46 bits per heavy atom. The van der Waals surface area contributed by atoms with Crippen molar-refractivity contribution in [3.05, 3.63) is 64.5 Å². The average molecular weight is 379 g/mol. The molecule has 0 spiro atoms. The van der Waals surface area contributed by atoms with Crippen molar-refractivity contribution in [1.29, 1.82) is 5.26 Å². The second-order valence-electron chi connectivity index (χ2n) is 6.81. The first-order valence-corrected chi connectivity index (χ1v) is 9.10. The molecule has 1 fully saturated rings. The van der Waals surface area contributed by atoms with E-state index in [0.717, 1.165) is 11.1 Å². The number of halogens is 1. The van der Waals surface area contributed by atoms with Crippen molar-refractivity contribution in [1.82, 2.24) is 0 Å². The normalized spacial score (nSPS) is 14.5. The average Bonchev–Trinajstić information content (AvgIpc) is 2.66. The zero-order valence-corrected chi connectivity index (χ0v) is 16.0. The molecule has 1 N–H and O–H groups in total. The van der Waals surface area contributed by atoms with Crippen LogP contribution in [0.25, 0.3) is 6.08 Å². The summed E-state index contributed by atoms with van der Waals surface area (Å²) in [6.45, 7) is 6.27. The Balaban J connectivity index is 1.78. The highest BCUT2D eigenvalue weighted by molar-refractivity contribution is 6.09. The summed E-state index contributed by atoms with van der Waals surface area (Å²) in [6.07, 6.45) is 1.39. The van der Waals surface area contributed by atoms with Gasteiger partial charge >= 0.3 is 0 Å². The summed E-state index contributed by atoms with van der Waals surface area (Å²) in [5, 5.41) is 12.1. The largest absolute Gasteiger partial charge is 0.378 e. The Morgan fingerprint density at radius 2 is 1.86 bits per heavy atom. The summed E-state index contributed by atoms with van der Waals surface area (Å²) in [6, 6.07) is 12.3. The van der Waals surface area contributed by atoms with E-state index in [-0.39, 0.29) is 11.4 Å². The van der Waals surface area contributed by atoms with Gasteiger partial charge in [0.25, 0.3) is 5.91 Å². The van der Waals surface area contributed by atoms with Gasteiger partial charge in [0.15, 0.2) is 0 Å². The lowest BCUT2D eigenvalue weighted by Crippen LogP contribution is -2.36. The molecule has 2 aromatic rings. The number of carbonyl (C=O) groups excluding carboxylic acids is 1. The highest BCUT2D eigenvalue weighted by Gasteiger charge is 2.16. The van der Waals surface area contributed by atoms with Crippen molar-refractivity contribution in [2.45, 2.75) is 13.8 Å². The zero-order chi connectivity index (χ0) is 20.1. The number of ether oxygens (including phenoxy) is 1. The third-order valence-corrected chi connectivity index (χ3v) is 4.48. The number of nitrogens with one attached hydrogen (secondary N) is 1. The molecule has 0 radical (unpaired) electrons. The van der Waals surface area contributed by atoms with E-state index < -0.39 is 5.91 Å². The van der Waals surface area contributed by atoms with E-state index >= 15 is 0 Å². The number of carbonyl (C=O) groups is 1. The molecule has 1 saturated heterocycles. The smallest absolute Gasteiger partial charge is 0.266 e. The Morgan fingerprint density at radius 1 is 1.18 bits per heavy atom. The van der Waals surface area contributed by atoms with Crippen molar-refractivity contribution in [3.8, 4) is 6.07 Å². The molecule has 0 atom stereocenters. The molecule has 0 bridgehead atoms. The molecule has 28 heavy (non-hydrogen) atoms. The van der Waals surface area contributed by atoms with Crippen LogP contribution in [0.4, 0.5) is 15.8 Å². The van der Waals surface area contributed by atoms with Crippen LogP contribution < -0.4 is 10.2 Å². The van der Waals surface area contributed by atoms with Crippen molar-refractivity contribution >= 4 is 23.4 Å². The fraction of sp³-hybridized carbons (Fsp3) is 0.273. The third kappa shape index (κ3) is 4.76. The maximum atomic E-state index is 14.5. The van der Waals surface area contributed by atoms with Gasteiger partial charge in [0.2, 0.25) is 0 Å². The van der Waals surface area contributed by atoms with Gasteiger partial charge in [-0.1, -0.05) is 12.1 Å². The second-order valence-corrected chi connectivity index (χ2v) is 6.81. The van der Waals surface area contributed by atoms with Crippen LogP contribution >= 0.6 is 0 Å². The first-order chi connectivity index (χ1) is 13.5. The quantitative estimate of drug-likeness (QED) is 0.648. The highest BCUT2D eigenvalue weighted by Crippen LogP contribution is 2.23. The number of nitrogens with zero attached hydrogens (tertiary/aromatic N) is 2. The maximum absolute atomic E-state index is 14.5. The van der Waals surface area contributed by atoms with Crippen molar-refractivity contribution in [2.24, 2.45) is 0 Å². The predicted molar refractivity (Wildman–Crippen MR) is 108 cm³/mol. The number of aryl methyl sites for hydroxylation is 2. The van der Waals surface area contributed by atoms with Crippen LogP contribution in [0.2, 0.25) is 0 Å². The summed E-state index contributed by atoms with van der Waals surface area (Å²) < 4.78 is 19.8. The first kappa shape index (κ1) is 19.6. The van der Waals surface area contributed by atoms with Crippen LogP contribution in [0.15, 0.2) is 42.0 Å². The molecular weight excluding hydrogens is 357 g/mol. The summed E-state index contributed by atoms with van der Waals surface area (Å²) in [7, 11) is 0. The SMILES string of the molecule is Cc1cc(C)cc(NC(=O)/C(C#N)=C\c2ccc(N3CCOCC3)c(F)c2)c1. The Labute approximate surface area is 164 Å². The molecule has 6 heteroatoms. The zero-order valence-electron chi connectivity index (χ0n) is 16.0. The first-order valence-electron chi connectivity index (χ1n) is 9.10. The Bertz CT molecular complexity index is 936. The highest BCUT2D eigenvalue weighted by atomic mass is 19.1. The number of rotatable bonds is 4. The van der Waals surface area contributed by atoms with E-state index in [2.05, 4.69) is 5.32 Å². The number of nitriles is 1. The van der Waals surface area contributed by atoms with Gasteiger partial charge in [-0.05, 0) is 60.9 Å². The standard InChI is InChI=1S/C22H22FN3O2/c1-15-9-16(2)11-19(10-15)25-22(27)18(14-24)12-17-3-4-21(20(23)13-17)26-5-7-28-8-6-26/h3-4,9-13H,5-8H2,1-2H3,(H,25,27)/b18-12-. The van der Waals surface area contributed by atoms with E-state index in [9.17, 15) is 14.4 Å². The fourth-order valence-corrected chi connectivity index (χ4v) is 3.23. The molecular formula is C22H22FN3O2. The van der Waals surface area contributed by atoms with Gasteiger partial charge in [0.1, 0.15) is 17.5 Å². The van der Waals surface area contributed by atoms with Crippen molar-refractivity contribution in [3.63, 3.8) is 0 Å². The van der Waals surface area contributed by atoms with E-state index in [1.54, 1.807) is 12.1 Å². The molecule has 144 valence electrons. The van der Waals surface area contributed by atoms with Crippen LogP contribution in [0.3, 0.4) is 0 Å². The molecule has 1 aliphatic heterocycles. The summed E-state index contributed by atoms with van der Waals surface area (Å²) in [5.41, 5.74) is 3.52. The third-order valence-electron chi connectivity index (χ3n) is 4.48. The van der Waals surface area contributed by atoms with E-state index in [0.29, 0.717) is 43.2 Å². The minimum Gasteiger partial charge on any atom is -0.378 e. The molecule has 1 amide bonds. The van der Waals surface area contributed by atoms with Crippen LogP contribution in [-0.2, 0) is 9.53 Å². The number of benzene rings is 2. The fourth-order valence-electron chi connectivity index (χ4n) is 3.23. The van der Waals surface area contributed by atoms with Crippen molar-refractivity contribution in [2.75, 3.05) is 36.5 Å². The second kappa shape index (κ2) is 8.68. The van der Waals surface area contributed by atoms with Crippen molar-refractivity contribution < 1.29 is 13.9 Å². The van der Waals surface area contributed by atoms with Gasteiger partial charge in [-0.15, -0.1) is 0 Å². The topological polar surface area (TPSA) is 65.4 Å². The monoisotopic (exact) mass is 379 g/mol. The lowest BCUT2D eigenvalue weighted by molar-refractivity contribution is -0.112. The van der Waals surface area contributed by atoms with Crippen LogP contribution in [0.5, 0.6) is 0 Å². The maximum Gasteiger partial charge on any atom is 0.266 e. The molecule has 0 aromatic heterocycles. The minimum atomic E-state index is -0.523. The lowest BCUT2D eigenvalue weighted by Gasteiger charge is -2.29. The Kier molecular flexibility index (Phi) is 6.07. The number of hydrogen-bond acceptors (Lipinski definition) is 4. The van der Waals surface area contributed by atoms with Gasteiger partial charge in [-0.25, -0.2) is 4.39 Å². The summed E-state index contributed by atoms with van der Waals surface area (Å²) in [4.78, 5) is 14.4. The van der Waals surface area contributed by atoms with Gasteiger partial charge in [-0.2, -0.15) is 5.26 Å². The van der Waals surface area contributed by atoms with Crippen LogP contribution in [0, 0.1) is 31.0 Å². The summed E-state index contributed by atoms with van der Waals surface area (Å²) >= 11 is 0. The molecule has 0 saturated carbocycles. The van der Waals surface area contributed by atoms with Gasteiger partial charge < -0.3 is 15.0 Å². The van der Waals surface area contributed by atoms with Crippen LogP contribution in [-0.4, -0.2) is 32.2 Å². The molecule has 3 rings (SSSR count). The lowest BCUT2D eigenvalue weighted by atomic mass is 10.1. The minimum absolute atomic E-state index is 0.0855. The molecule has 0 aliphatic carbocycles. The van der Waals surface area contributed by atoms with Gasteiger partial charge in [-0.3, -0.25) is 4.79 Å². The van der Waals surface area contributed by atoms with Crippen LogP contribution in [0.1, 0.15) is 16.7 Å². The summed E-state index contributed by atoms with van der Waals surface area (Å²) in [5.74, 6) is -0.909. The molecule has 2 aromatic carbocycles. The Hall–Kier alpha value is -3.17. The molecule has 1 heterocycles. The van der Waals surface area contributed by atoms with Gasteiger partial charge in [0.05, 0.1) is 18.9 Å².